The van der Waals surface area contributed by atoms with E-state index in [1.54, 1.807) is 0 Å². The van der Waals surface area contributed by atoms with E-state index in [9.17, 15) is 0 Å². The van der Waals surface area contributed by atoms with Crippen LogP contribution in [0.5, 0.6) is 0 Å². The molecule has 0 aliphatic carbocycles. The average molecular weight is 209 g/mol. The molecule has 1 aliphatic heterocycles. The van der Waals surface area contributed by atoms with Crippen LogP contribution in [0.25, 0.3) is 0 Å². The maximum Gasteiger partial charge on any atom is 0.101 e. The van der Waals surface area contributed by atoms with Crippen LogP contribution < -0.4 is 5.32 Å². The van der Waals surface area contributed by atoms with E-state index in [2.05, 4.69) is 17.2 Å². The smallest absolute Gasteiger partial charge is 0.101 e. The Labute approximate surface area is 89.0 Å². The third kappa shape index (κ3) is 2.07. The van der Waals surface area contributed by atoms with E-state index in [1.165, 1.54) is 5.56 Å². The van der Waals surface area contributed by atoms with Gasteiger partial charge in [-0.25, -0.2) is 0 Å². The summed E-state index contributed by atoms with van der Waals surface area (Å²) >= 11 is 5.92. The Morgan fingerprint density at radius 2 is 2.29 bits per heavy atom. The van der Waals surface area contributed by atoms with Gasteiger partial charge in [0.15, 0.2) is 0 Å². The summed E-state index contributed by atoms with van der Waals surface area (Å²) in [6, 6.07) is 5.86. The van der Waals surface area contributed by atoms with Crippen molar-refractivity contribution >= 4 is 23.1 Å². The molecule has 1 aliphatic rings. The molecule has 1 aromatic carbocycles. The Morgan fingerprint density at radius 3 is 3.00 bits per heavy atom. The molecule has 0 atom stereocenters. The van der Waals surface area contributed by atoms with Crippen LogP contribution in [0.4, 0.5) is 5.69 Å². The fourth-order valence-electron chi connectivity index (χ4n) is 1.53. The van der Waals surface area contributed by atoms with Crippen molar-refractivity contribution in [2.24, 2.45) is 4.99 Å². The molecule has 74 valence electrons. The molecule has 1 N–H and O–H groups in total. The van der Waals surface area contributed by atoms with E-state index in [1.807, 2.05) is 18.2 Å². The van der Waals surface area contributed by atoms with Crippen molar-refractivity contribution in [1.29, 1.82) is 0 Å². The summed E-state index contributed by atoms with van der Waals surface area (Å²) in [7, 11) is 0. The van der Waals surface area contributed by atoms with Gasteiger partial charge in [-0.05, 0) is 31.0 Å². The van der Waals surface area contributed by atoms with Gasteiger partial charge in [-0.2, -0.15) is 0 Å². The Morgan fingerprint density at radius 1 is 1.43 bits per heavy atom. The molecule has 14 heavy (non-hydrogen) atoms. The minimum atomic E-state index is 0.761. The number of hydrogen-bond donors (Lipinski definition) is 1. The second kappa shape index (κ2) is 4.01. The van der Waals surface area contributed by atoms with E-state index in [4.69, 9.17) is 11.6 Å². The monoisotopic (exact) mass is 208 g/mol. The van der Waals surface area contributed by atoms with Crippen molar-refractivity contribution in [2.75, 3.05) is 11.9 Å². The molecule has 0 aromatic heterocycles. The number of rotatable bonds is 1. The second-order valence-electron chi connectivity index (χ2n) is 3.52. The Hall–Kier alpha value is -1.02. The molecule has 2 nitrogen and oxygen atoms in total. The number of benzene rings is 1. The topological polar surface area (TPSA) is 24.4 Å². The number of anilines is 1. The van der Waals surface area contributed by atoms with Crippen LogP contribution in [0, 0.1) is 6.92 Å². The number of hydrogen-bond acceptors (Lipinski definition) is 2. The van der Waals surface area contributed by atoms with Crippen LogP contribution in [0.1, 0.15) is 18.4 Å². The summed E-state index contributed by atoms with van der Waals surface area (Å²) < 4.78 is 0. The SMILES string of the molecule is Cc1ccc(Cl)cc1NC1=NCCC1. The molecule has 2 rings (SSSR count). The number of amidine groups is 1. The van der Waals surface area contributed by atoms with E-state index < -0.39 is 0 Å². The van der Waals surface area contributed by atoms with Gasteiger partial charge in [-0.15, -0.1) is 0 Å². The van der Waals surface area contributed by atoms with Gasteiger partial charge in [0.05, 0.1) is 0 Å². The van der Waals surface area contributed by atoms with Gasteiger partial charge in [0.2, 0.25) is 0 Å². The maximum atomic E-state index is 5.92. The van der Waals surface area contributed by atoms with Gasteiger partial charge in [0, 0.05) is 23.7 Å². The highest BCUT2D eigenvalue weighted by Crippen LogP contribution is 2.21. The van der Waals surface area contributed by atoms with E-state index in [0.717, 1.165) is 35.9 Å². The van der Waals surface area contributed by atoms with Crippen LogP contribution >= 0.6 is 11.6 Å². The van der Waals surface area contributed by atoms with Crippen molar-refractivity contribution < 1.29 is 0 Å². The van der Waals surface area contributed by atoms with Crippen molar-refractivity contribution in [1.82, 2.24) is 0 Å². The van der Waals surface area contributed by atoms with Gasteiger partial charge in [-0.1, -0.05) is 17.7 Å². The molecule has 3 heteroatoms. The molecule has 1 heterocycles. The summed E-state index contributed by atoms with van der Waals surface area (Å²) in [5, 5.41) is 4.08. The summed E-state index contributed by atoms with van der Waals surface area (Å²) in [5.41, 5.74) is 2.27. The molecule has 0 unspecified atom stereocenters. The number of aliphatic imine (C=N–C) groups is 1. The largest absolute Gasteiger partial charge is 0.344 e. The highest BCUT2D eigenvalue weighted by Gasteiger charge is 2.07. The molecule has 0 radical (unpaired) electrons. The third-order valence-electron chi connectivity index (χ3n) is 2.35. The van der Waals surface area contributed by atoms with Crippen molar-refractivity contribution in [3.63, 3.8) is 0 Å². The first kappa shape index (κ1) is 9.53. The quantitative estimate of drug-likeness (QED) is 0.753. The molecule has 0 fully saturated rings. The lowest BCUT2D eigenvalue weighted by molar-refractivity contribution is 0.951. The zero-order valence-electron chi connectivity index (χ0n) is 8.18. The van der Waals surface area contributed by atoms with Gasteiger partial charge < -0.3 is 5.32 Å². The summed E-state index contributed by atoms with van der Waals surface area (Å²) in [4.78, 5) is 4.36. The lowest BCUT2D eigenvalue weighted by Gasteiger charge is -2.09. The summed E-state index contributed by atoms with van der Waals surface area (Å²) in [6.45, 7) is 3.01. The zero-order chi connectivity index (χ0) is 9.97. The summed E-state index contributed by atoms with van der Waals surface area (Å²) in [5.74, 6) is 1.08. The summed E-state index contributed by atoms with van der Waals surface area (Å²) in [6.07, 6.45) is 2.20. The van der Waals surface area contributed by atoms with Gasteiger partial charge in [-0.3, -0.25) is 4.99 Å². The van der Waals surface area contributed by atoms with Crippen molar-refractivity contribution in [2.45, 2.75) is 19.8 Å². The normalized spacial score (nSPS) is 15.4. The highest BCUT2D eigenvalue weighted by molar-refractivity contribution is 6.31. The minimum absolute atomic E-state index is 0.761. The van der Waals surface area contributed by atoms with Crippen LogP contribution in [0.15, 0.2) is 23.2 Å². The first-order valence-electron chi connectivity index (χ1n) is 4.82. The molecule has 0 saturated heterocycles. The van der Waals surface area contributed by atoms with Crippen molar-refractivity contribution in [3.05, 3.63) is 28.8 Å². The van der Waals surface area contributed by atoms with Crippen LogP contribution in [-0.4, -0.2) is 12.4 Å². The fraction of sp³-hybridized carbons (Fsp3) is 0.364. The standard InChI is InChI=1S/C11H13ClN2/c1-8-4-5-9(12)7-10(8)14-11-3-2-6-13-11/h4-5,7H,2-3,6H2,1H3,(H,13,14). The molecule has 0 bridgehead atoms. The molecule has 0 amide bonds. The predicted octanol–water partition coefficient (Wildman–Crippen LogP) is 3.25. The lowest BCUT2D eigenvalue weighted by atomic mass is 10.2. The fourth-order valence-corrected chi connectivity index (χ4v) is 1.70. The van der Waals surface area contributed by atoms with Gasteiger partial charge in [0.1, 0.15) is 5.84 Å². The number of nitrogens with one attached hydrogen (secondary N) is 1. The van der Waals surface area contributed by atoms with Gasteiger partial charge in [0.25, 0.3) is 0 Å². The minimum Gasteiger partial charge on any atom is -0.344 e. The molecule has 1 aromatic rings. The molecular weight excluding hydrogens is 196 g/mol. The predicted molar refractivity (Wildman–Crippen MR) is 61.3 cm³/mol. The first-order chi connectivity index (χ1) is 6.75. The third-order valence-corrected chi connectivity index (χ3v) is 2.59. The number of aryl methyl sites for hydroxylation is 1. The van der Waals surface area contributed by atoms with E-state index in [0.29, 0.717) is 0 Å². The molecule has 0 saturated carbocycles. The van der Waals surface area contributed by atoms with Crippen LogP contribution in [-0.2, 0) is 0 Å². The number of halogens is 1. The molecular formula is C11H13ClN2. The second-order valence-corrected chi connectivity index (χ2v) is 3.95. The Kier molecular flexibility index (Phi) is 2.73. The van der Waals surface area contributed by atoms with E-state index >= 15 is 0 Å². The number of nitrogens with zero attached hydrogens (tertiary/aromatic N) is 1. The average Bonchev–Trinajstić information content (AvgIpc) is 2.64. The van der Waals surface area contributed by atoms with E-state index in [-0.39, 0.29) is 0 Å². The lowest BCUT2D eigenvalue weighted by Crippen LogP contribution is -2.09. The first-order valence-corrected chi connectivity index (χ1v) is 5.20. The Bertz CT molecular complexity index is 372. The maximum absolute atomic E-state index is 5.92. The van der Waals surface area contributed by atoms with Crippen LogP contribution in [0.2, 0.25) is 5.02 Å². The Balaban J connectivity index is 2.19. The van der Waals surface area contributed by atoms with Crippen LogP contribution in [0.3, 0.4) is 0 Å². The van der Waals surface area contributed by atoms with Crippen molar-refractivity contribution in [3.8, 4) is 0 Å². The zero-order valence-corrected chi connectivity index (χ0v) is 8.93. The van der Waals surface area contributed by atoms with Gasteiger partial charge >= 0.3 is 0 Å². The highest BCUT2D eigenvalue weighted by atomic mass is 35.5. The molecule has 0 spiro atoms.